The SMILES string of the molecule is CC#Cc1ccc(N2CC[C@H](O)C2)nc1Cc1ccccc1. The Bertz CT molecular complexity index is 700. The highest BCUT2D eigenvalue weighted by atomic mass is 16.3. The van der Waals surface area contributed by atoms with Crippen LogP contribution in [0, 0.1) is 11.8 Å². The third kappa shape index (κ3) is 3.29. The fraction of sp³-hybridized carbons (Fsp3) is 0.316. The molecule has 1 saturated heterocycles. The lowest BCUT2D eigenvalue weighted by Crippen LogP contribution is -2.22. The van der Waals surface area contributed by atoms with Gasteiger partial charge in [0, 0.05) is 25.1 Å². The molecule has 112 valence electrons. The van der Waals surface area contributed by atoms with Gasteiger partial charge in [-0.2, -0.15) is 0 Å². The largest absolute Gasteiger partial charge is 0.391 e. The van der Waals surface area contributed by atoms with Crippen molar-refractivity contribution in [2.75, 3.05) is 18.0 Å². The number of rotatable bonds is 3. The topological polar surface area (TPSA) is 36.4 Å². The molecule has 0 amide bonds. The number of aliphatic hydroxyl groups is 1. The van der Waals surface area contributed by atoms with Gasteiger partial charge < -0.3 is 10.0 Å². The van der Waals surface area contributed by atoms with Crippen LogP contribution in [0.4, 0.5) is 5.82 Å². The lowest BCUT2D eigenvalue weighted by atomic mass is 10.1. The summed E-state index contributed by atoms with van der Waals surface area (Å²) in [6, 6.07) is 14.4. The molecule has 22 heavy (non-hydrogen) atoms. The van der Waals surface area contributed by atoms with Gasteiger partial charge in [-0.05, 0) is 31.0 Å². The molecule has 1 aliphatic heterocycles. The number of nitrogens with zero attached hydrogens (tertiary/aromatic N) is 2. The first-order valence-electron chi connectivity index (χ1n) is 7.66. The predicted octanol–water partition coefficient (Wildman–Crippen LogP) is 2.61. The van der Waals surface area contributed by atoms with Crippen molar-refractivity contribution in [2.45, 2.75) is 25.9 Å². The van der Waals surface area contributed by atoms with Crippen molar-refractivity contribution in [1.29, 1.82) is 0 Å². The molecule has 3 rings (SSSR count). The molecule has 0 spiro atoms. The summed E-state index contributed by atoms with van der Waals surface area (Å²) in [5, 5.41) is 9.71. The van der Waals surface area contributed by atoms with Gasteiger partial charge in [0.1, 0.15) is 5.82 Å². The van der Waals surface area contributed by atoms with Gasteiger partial charge in [0.05, 0.1) is 11.8 Å². The van der Waals surface area contributed by atoms with Gasteiger partial charge in [0.2, 0.25) is 0 Å². The van der Waals surface area contributed by atoms with Crippen LogP contribution in [0.5, 0.6) is 0 Å². The summed E-state index contributed by atoms with van der Waals surface area (Å²) in [7, 11) is 0. The van der Waals surface area contributed by atoms with Crippen LogP contribution in [0.1, 0.15) is 30.2 Å². The zero-order valence-corrected chi connectivity index (χ0v) is 12.8. The standard InChI is InChI=1S/C19H20N2O/c1-2-6-16-9-10-19(21-12-11-17(22)14-21)20-18(16)13-15-7-4-3-5-8-15/h3-5,7-10,17,22H,11-14H2,1H3/t17-/m0/s1. The quantitative estimate of drug-likeness (QED) is 0.884. The number of aliphatic hydroxyl groups excluding tert-OH is 1. The van der Waals surface area contributed by atoms with E-state index >= 15 is 0 Å². The van der Waals surface area contributed by atoms with Gasteiger partial charge in [-0.25, -0.2) is 4.98 Å². The third-order valence-electron chi connectivity index (χ3n) is 3.92. The number of anilines is 1. The molecule has 0 radical (unpaired) electrons. The zero-order valence-electron chi connectivity index (χ0n) is 12.8. The van der Waals surface area contributed by atoms with Gasteiger partial charge in [-0.1, -0.05) is 36.3 Å². The Morgan fingerprint density at radius 1 is 1.23 bits per heavy atom. The maximum atomic E-state index is 9.71. The summed E-state index contributed by atoms with van der Waals surface area (Å²) in [5.74, 6) is 7.04. The molecule has 0 bridgehead atoms. The first kappa shape index (κ1) is 14.6. The number of benzene rings is 1. The van der Waals surface area contributed by atoms with E-state index in [0.717, 1.165) is 36.5 Å². The molecule has 0 saturated carbocycles. The second-order valence-electron chi connectivity index (χ2n) is 5.59. The van der Waals surface area contributed by atoms with Crippen LogP contribution in [-0.4, -0.2) is 29.3 Å². The molecule has 3 heteroatoms. The Hall–Kier alpha value is -2.31. The number of hydrogen-bond donors (Lipinski definition) is 1. The van der Waals surface area contributed by atoms with Crippen molar-refractivity contribution in [3.63, 3.8) is 0 Å². The second kappa shape index (κ2) is 6.64. The lowest BCUT2D eigenvalue weighted by molar-refractivity contribution is 0.198. The van der Waals surface area contributed by atoms with Crippen molar-refractivity contribution in [2.24, 2.45) is 0 Å². The van der Waals surface area contributed by atoms with Crippen molar-refractivity contribution < 1.29 is 5.11 Å². The summed E-state index contributed by atoms with van der Waals surface area (Å²) in [6.07, 6.45) is 1.34. The average Bonchev–Trinajstić information content (AvgIpc) is 2.97. The van der Waals surface area contributed by atoms with Crippen LogP contribution in [0.25, 0.3) is 0 Å². The van der Waals surface area contributed by atoms with Crippen molar-refractivity contribution >= 4 is 5.82 Å². The fourth-order valence-corrected chi connectivity index (χ4v) is 2.79. The van der Waals surface area contributed by atoms with E-state index in [9.17, 15) is 5.11 Å². The molecule has 2 aromatic rings. The van der Waals surface area contributed by atoms with E-state index in [0.29, 0.717) is 6.54 Å². The molecular formula is C19H20N2O. The summed E-state index contributed by atoms with van der Waals surface area (Å²) < 4.78 is 0. The number of β-amino-alcohol motifs (C(OH)–C–C–N with tert-alkyl or cyclic N) is 1. The molecule has 1 aromatic heterocycles. The minimum absolute atomic E-state index is 0.241. The van der Waals surface area contributed by atoms with Crippen LogP contribution in [0.3, 0.4) is 0 Å². The Morgan fingerprint density at radius 3 is 2.73 bits per heavy atom. The van der Waals surface area contributed by atoms with Gasteiger partial charge in [0.25, 0.3) is 0 Å². The predicted molar refractivity (Wildman–Crippen MR) is 88.9 cm³/mol. The normalized spacial score (nSPS) is 17.2. The summed E-state index contributed by atoms with van der Waals surface area (Å²) in [6.45, 7) is 3.37. The maximum Gasteiger partial charge on any atom is 0.128 e. The van der Waals surface area contributed by atoms with Gasteiger partial charge in [0.15, 0.2) is 0 Å². The average molecular weight is 292 g/mol. The fourth-order valence-electron chi connectivity index (χ4n) is 2.79. The molecule has 0 aliphatic carbocycles. The van der Waals surface area contributed by atoms with Crippen LogP contribution in [0.15, 0.2) is 42.5 Å². The molecule has 1 atom stereocenters. The van der Waals surface area contributed by atoms with E-state index in [4.69, 9.17) is 4.98 Å². The third-order valence-corrected chi connectivity index (χ3v) is 3.92. The van der Waals surface area contributed by atoms with Crippen molar-refractivity contribution in [1.82, 2.24) is 4.98 Å². The van der Waals surface area contributed by atoms with E-state index in [1.54, 1.807) is 0 Å². The second-order valence-corrected chi connectivity index (χ2v) is 5.59. The Kier molecular flexibility index (Phi) is 4.41. The van der Waals surface area contributed by atoms with Crippen LogP contribution < -0.4 is 4.90 Å². The molecule has 1 fully saturated rings. The van der Waals surface area contributed by atoms with E-state index < -0.39 is 0 Å². The van der Waals surface area contributed by atoms with E-state index in [1.165, 1.54) is 5.56 Å². The van der Waals surface area contributed by atoms with Gasteiger partial charge in [-0.15, -0.1) is 5.92 Å². The number of aromatic nitrogens is 1. The highest BCUT2D eigenvalue weighted by molar-refractivity contribution is 5.49. The van der Waals surface area contributed by atoms with E-state index in [2.05, 4.69) is 28.9 Å². The molecule has 1 N–H and O–H groups in total. The van der Waals surface area contributed by atoms with Gasteiger partial charge >= 0.3 is 0 Å². The van der Waals surface area contributed by atoms with Crippen LogP contribution in [-0.2, 0) is 6.42 Å². The molecule has 1 aromatic carbocycles. The van der Waals surface area contributed by atoms with Gasteiger partial charge in [-0.3, -0.25) is 0 Å². The minimum atomic E-state index is -0.241. The van der Waals surface area contributed by atoms with Crippen molar-refractivity contribution in [3.05, 3.63) is 59.3 Å². The highest BCUT2D eigenvalue weighted by Crippen LogP contribution is 2.21. The Morgan fingerprint density at radius 2 is 2.05 bits per heavy atom. The van der Waals surface area contributed by atoms with E-state index in [1.807, 2.05) is 37.3 Å². The van der Waals surface area contributed by atoms with E-state index in [-0.39, 0.29) is 6.10 Å². The number of pyridine rings is 1. The first-order valence-corrected chi connectivity index (χ1v) is 7.66. The molecular weight excluding hydrogens is 272 g/mol. The molecule has 1 aliphatic rings. The van der Waals surface area contributed by atoms with Crippen LogP contribution >= 0.6 is 0 Å². The summed E-state index contributed by atoms with van der Waals surface area (Å²) in [4.78, 5) is 6.96. The zero-order chi connectivity index (χ0) is 15.4. The molecule has 2 heterocycles. The van der Waals surface area contributed by atoms with Crippen molar-refractivity contribution in [3.8, 4) is 11.8 Å². The lowest BCUT2D eigenvalue weighted by Gasteiger charge is -2.18. The smallest absolute Gasteiger partial charge is 0.128 e. The maximum absolute atomic E-state index is 9.71. The Balaban J connectivity index is 1.92. The summed E-state index contributed by atoms with van der Waals surface area (Å²) in [5.41, 5.74) is 3.21. The minimum Gasteiger partial charge on any atom is -0.391 e. The molecule has 3 nitrogen and oxygen atoms in total. The Labute approximate surface area is 131 Å². The van der Waals surface area contributed by atoms with Crippen LogP contribution in [0.2, 0.25) is 0 Å². The number of hydrogen-bond acceptors (Lipinski definition) is 3. The first-order chi connectivity index (χ1) is 10.8. The summed E-state index contributed by atoms with van der Waals surface area (Å²) >= 11 is 0. The molecule has 0 unspecified atom stereocenters. The monoisotopic (exact) mass is 292 g/mol. The highest BCUT2D eigenvalue weighted by Gasteiger charge is 2.21.